The van der Waals surface area contributed by atoms with E-state index in [2.05, 4.69) is 58.6 Å². The molecule has 1 aromatic rings. The van der Waals surface area contributed by atoms with E-state index >= 15 is 0 Å². The highest BCUT2D eigenvalue weighted by atomic mass is 32.2. The average Bonchev–Trinajstić information content (AvgIpc) is 3.17. The van der Waals surface area contributed by atoms with Crippen LogP contribution in [0.2, 0.25) is 0 Å². The molecule has 28 heavy (non-hydrogen) atoms. The van der Waals surface area contributed by atoms with Crippen molar-refractivity contribution in [3.63, 3.8) is 0 Å². The van der Waals surface area contributed by atoms with Gasteiger partial charge in [-0.05, 0) is 49.0 Å². The first kappa shape index (κ1) is 21.0. The molecule has 0 spiro atoms. The summed E-state index contributed by atoms with van der Waals surface area (Å²) in [6.07, 6.45) is 6.11. The van der Waals surface area contributed by atoms with Crippen LogP contribution < -0.4 is 10.6 Å². The number of amides is 1. The fraction of sp³-hybridized carbons (Fsp3) is 0.636. The Bertz CT molecular complexity index is 678. The maximum Gasteiger partial charge on any atom is 0.222 e. The zero-order chi connectivity index (χ0) is 19.8. The van der Waals surface area contributed by atoms with Gasteiger partial charge in [0.2, 0.25) is 5.91 Å². The molecule has 1 fully saturated rings. The number of hydrogen-bond donors (Lipinski definition) is 2. The Morgan fingerprint density at radius 2 is 2.11 bits per heavy atom. The maximum atomic E-state index is 12.5. The van der Waals surface area contributed by atoms with E-state index in [1.165, 1.54) is 36.1 Å². The number of carbonyl (C=O) groups is 1. The Balaban J connectivity index is 1.34. The van der Waals surface area contributed by atoms with Crippen LogP contribution in [0.1, 0.15) is 50.2 Å². The summed E-state index contributed by atoms with van der Waals surface area (Å²) < 4.78 is 0. The standard InChI is InChI=1S/C22H34N4OS/c1-3-28-20-11-10-19(15-20)25-22(23-2)24-13-6-9-21(27)26-14-12-17-7-4-5-8-18(17)16-26/h4-5,7-8,19-20H,3,6,9-16H2,1-2H3,(H2,23,24,25). The second kappa shape index (κ2) is 10.7. The fourth-order valence-electron chi connectivity index (χ4n) is 4.16. The quantitative estimate of drug-likeness (QED) is 0.418. The summed E-state index contributed by atoms with van der Waals surface area (Å²) in [5.41, 5.74) is 2.68. The van der Waals surface area contributed by atoms with E-state index in [0.29, 0.717) is 12.5 Å². The van der Waals surface area contributed by atoms with Gasteiger partial charge in [0, 0.05) is 44.4 Å². The van der Waals surface area contributed by atoms with Crippen molar-refractivity contribution in [2.24, 2.45) is 4.99 Å². The molecule has 1 amide bonds. The van der Waals surface area contributed by atoms with Gasteiger partial charge in [-0.15, -0.1) is 0 Å². The smallest absolute Gasteiger partial charge is 0.222 e. The molecule has 1 aliphatic carbocycles. The predicted octanol–water partition coefficient (Wildman–Crippen LogP) is 3.19. The number of thioether (sulfide) groups is 1. The molecular weight excluding hydrogens is 368 g/mol. The van der Waals surface area contributed by atoms with Crippen molar-refractivity contribution in [2.45, 2.75) is 63.3 Å². The van der Waals surface area contributed by atoms with Gasteiger partial charge in [0.25, 0.3) is 0 Å². The average molecular weight is 403 g/mol. The van der Waals surface area contributed by atoms with Gasteiger partial charge in [0.15, 0.2) is 5.96 Å². The van der Waals surface area contributed by atoms with E-state index in [1.807, 2.05) is 11.9 Å². The number of hydrogen-bond acceptors (Lipinski definition) is 3. The van der Waals surface area contributed by atoms with Crippen molar-refractivity contribution in [1.82, 2.24) is 15.5 Å². The first-order chi connectivity index (χ1) is 13.7. The molecule has 154 valence electrons. The van der Waals surface area contributed by atoms with Gasteiger partial charge in [-0.2, -0.15) is 11.8 Å². The van der Waals surface area contributed by atoms with Crippen LogP contribution >= 0.6 is 11.8 Å². The van der Waals surface area contributed by atoms with Crippen LogP contribution in [-0.4, -0.2) is 53.9 Å². The number of carbonyl (C=O) groups excluding carboxylic acids is 1. The number of rotatable bonds is 7. The summed E-state index contributed by atoms with van der Waals surface area (Å²) >= 11 is 2.07. The van der Waals surface area contributed by atoms with Gasteiger partial charge in [0.1, 0.15) is 0 Å². The molecule has 2 unspecified atom stereocenters. The van der Waals surface area contributed by atoms with Crippen molar-refractivity contribution in [1.29, 1.82) is 0 Å². The van der Waals surface area contributed by atoms with Gasteiger partial charge < -0.3 is 15.5 Å². The summed E-state index contributed by atoms with van der Waals surface area (Å²) in [6, 6.07) is 8.97. The molecule has 2 aliphatic rings. The molecule has 1 saturated carbocycles. The first-order valence-corrected chi connectivity index (χ1v) is 11.7. The highest BCUT2D eigenvalue weighted by molar-refractivity contribution is 7.99. The highest BCUT2D eigenvalue weighted by Gasteiger charge is 2.25. The Labute approximate surface area is 173 Å². The van der Waals surface area contributed by atoms with Crippen molar-refractivity contribution < 1.29 is 4.79 Å². The lowest BCUT2D eigenvalue weighted by Gasteiger charge is -2.29. The summed E-state index contributed by atoms with van der Waals surface area (Å²) in [6.45, 7) is 4.60. The molecule has 0 radical (unpaired) electrons. The van der Waals surface area contributed by atoms with E-state index in [1.54, 1.807) is 0 Å². The van der Waals surface area contributed by atoms with Crippen LogP contribution in [0.5, 0.6) is 0 Å². The lowest BCUT2D eigenvalue weighted by Crippen LogP contribution is -2.43. The summed E-state index contributed by atoms with van der Waals surface area (Å²) in [5, 5.41) is 7.71. The van der Waals surface area contributed by atoms with E-state index in [4.69, 9.17) is 0 Å². The number of aliphatic imine (C=N–C) groups is 1. The second-order valence-electron chi connectivity index (χ2n) is 7.67. The summed E-state index contributed by atoms with van der Waals surface area (Å²) in [4.78, 5) is 18.9. The fourth-order valence-corrected chi connectivity index (χ4v) is 5.30. The molecule has 5 nitrogen and oxygen atoms in total. The Hall–Kier alpha value is -1.69. The molecule has 1 heterocycles. The Morgan fingerprint density at radius 1 is 1.29 bits per heavy atom. The molecular formula is C22H34N4OS. The van der Waals surface area contributed by atoms with E-state index in [9.17, 15) is 4.79 Å². The van der Waals surface area contributed by atoms with Crippen LogP contribution in [0.3, 0.4) is 0 Å². The Morgan fingerprint density at radius 3 is 2.89 bits per heavy atom. The first-order valence-electron chi connectivity index (χ1n) is 10.6. The third-order valence-electron chi connectivity index (χ3n) is 5.69. The third kappa shape index (κ3) is 5.90. The normalized spacial score (nSPS) is 22.1. The van der Waals surface area contributed by atoms with E-state index in [-0.39, 0.29) is 5.91 Å². The second-order valence-corrected chi connectivity index (χ2v) is 9.25. The minimum Gasteiger partial charge on any atom is -0.356 e. The van der Waals surface area contributed by atoms with Crippen molar-refractivity contribution in [3.8, 4) is 0 Å². The van der Waals surface area contributed by atoms with Crippen LogP contribution in [0, 0.1) is 0 Å². The maximum absolute atomic E-state index is 12.5. The van der Waals surface area contributed by atoms with Crippen molar-refractivity contribution in [2.75, 3.05) is 25.9 Å². The van der Waals surface area contributed by atoms with Gasteiger partial charge in [-0.25, -0.2) is 0 Å². The number of nitrogens with zero attached hydrogens (tertiary/aromatic N) is 2. The molecule has 2 atom stereocenters. The molecule has 2 N–H and O–H groups in total. The van der Waals surface area contributed by atoms with E-state index < -0.39 is 0 Å². The van der Waals surface area contributed by atoms with Crippen molar-refractivity contribution >= 4 is 23.6 Å². The highest BCUT2D eigenvalue weighted by Crippen LogP contribution is 2.29. The number of guanidine groups is 1. The Kier molecular flexibility index (Phi) is 8.07. The number of fused-ring (bicyclic) bond motifs is 1. The summed E-state index contributed by atoms with van der Waals surface area (Å²) in [7, 11) is 1.82. The molecule has 0 saturated heterocycles. The lowest BCUT2D eigenvalue weighted by molar-refractivity contribution is -0.132. The lowest BCUT2D eigenvalue weighted by atomic mass is 9.99. The molecule has 3 rings (SSSR count). The van der Waals surface area contributed by atoms with Crippen LogP contribution in [0.25, 0.3) is 0 Å². The zero-order valence-electron chi connectivity index (χ0n) is 17.2. The van der Waals surface area contributed by atoms with Gasteiger partial charge in [-0.3, -0.25) is 9.79 Å². The number of benzene rings is 1. The van der Waals surface area contributed by atoms with E-state index in [0.717, 1.165) is 43.7 Å². The van der Waals surface area contributed by atoms with Gasteiger partial charge in [0.05, 0.1) is 0 Å². The molecule has 6 heteroatoms. The monoisotopic (exact) mass is 402 g/mol. The minimum atomic E-state index is 0.259. The largest absolute Gasteiger partial charge is 0.356 e. The van der Waals surface area contributed by atoms with Gasteiger partial charge in [-0.1, -0.05) is 31.2 Å². The number of nitrogens with one attached hydrogen (secondary N) is 2. The predicted molar refractivity (Wildman–Crippen MR) is 119 cm³/mol. The summed E-state index contributed by atoms with van der Waals surface area (Å²) in [5.74, 6) is 2.32. The zero-order valence-corrected chi connectivity index (χ0v) is 18.1. The van der Waals surface area contributed by atoms with Crippen LogP contribution in [0.15, 0.2) is 29.3 Å². The molecule has 0 bridgehead atoms. The topological polar surface area (TPSA) is 56.7 Å². The van der Waals surface area contributed by atoms with Gasteiger partial charge >= 0.3 is 0 Å². The SMILES string of the molecule is CCSC1CCC(NC(=NC)NCCCC(=O)N2CCc3ccccc3C2)C1. The molecule has 1 aliphatic heterocycles. The molecule has 0 aromatic heterocycles. The molecule has 1 aromatic carbocycles. The third-order valence-corrected chi connectivity index (χ3v) is 6.93. The van der Waals surface area contributed by atoms with Crippen LogP contribution in [-0.2, 0) is 17.8 Å². The van der Waals surface area contributed by atoms with Crippen LogP contribution in [0.4, 0.5) is 0 Å². The minimum absolute atomic E-state index is 0.259. The van der Waals surface area contributed by atoms with Crippen molar-refractivity contribution in [3.05, 3.63) is 35.4 Å².